The van der Waals surface area contributed by atoms with E-state index >= 15 is 0 Å². The molecule has 0 fully saturated rings. The highest BCUT2D eigenvalue weighted by molar-refractivity contribution is 5.30. The molecule has 0 saturated heterocycles. The standard InChI is InChI=1S/C18H22O2/c1-3-18(15-6-10-17(20)11-7-15)13(2)12-14-4-8-16(19)9-5-14/h4-11,13,18-20H,3,12H2,1-2H3/t13-,18+/m0/s1. The van der Waals surface area contributed by atoms with Crippen LogP contribution in [0.15, 0.2) is 48.5 Å². The van der Waals surface area contributed by atoms with E-state index in [4.69, 9.17) is 0 Å². The highest BCUT2D eigenvalue weighted by Crippen LogP contribution is 2.31. The van der Waals surface area contributed by atoms with Gasteiger partial charge in [0.25, 0.3) is 0 Å². The van der Waals surface area contributed by atoms with Crippen molar-refractivity contribution in [2.75, 3.05) is 0 Å². The van der Waals surface area contributed by atoms with Crippen molar-refractivity contribution in [3.63, 3.8) is 0 Å². The lowest BCUT2D eigenvalue weighted by Gasteiger charge is -2.23. The lowest BCUT2D eigenvalue weighted by molar-refractivity contribution is 0.441. The van der Waals surface area contributed by atoms with Gasteiger partial charge in [-0.3, -0.25) is 0 Å². The maximum Gasteiger partial charge on any atom is 0.115 e. The summed E-state index contributed by atoms with van der Waals surface area (Å²) in [4.78, 5) is 0. The number of aromatic hydroxyl groups is 2. The zero-order valence-electron chi connectivity index (χ0n) is 12.1. The van der Waals surface area contributed by atoms with E-state index in [1.165, 1.54) is 11.1 Å². The Kier molecular flexibility index (Phi) is 4.67. The number of phenols is 2. The van der Waals surface area contributed by atoms with Gasteiger partial charge in [-0.25, -0.2) is 0 Å². The predicted molar refractivity (Wildman–Crippen MR) is 82.1 cm³/mol. The SMILES string of the molecule is CC[C@@H](c1ccc(O)cc1)[C@@H](C)Cc1ccc(O)cc1. The van der Waals surface area contributed by atoms with Gasteiger partial charge in [-0.15, -0.1) is 0 Å². The van der Waals surface area contributed by atoms with Crippen LogP contribution in [0.4, 0.5) is 0 Å². The van der Waals surface area contributed by atoms with Crippen molar-refractivity contribution in [1.29, 1.82) is 0 Å². The summed E-state index contributed by atoms with van der Waals surface area (Å²) in [5.41, 5.74) is 2.52. The maximum atomic E-state index is 9.39. The molecule has 0 spiro atoms. The molecule has 0 saturated carbocycles. The summed E-state index contributed by atoms with van der Waals surface area (Å²) in [5.74, 6) is 1.61. The van der Waals surface area contributed by atoms with Gasteiger partial charge in [-0.05, 0) is 60.1 Å². The minimum absolute atomic E-state index is 0.312. The molecular formula is C18H22O2. The first-order valence-electron chi connectivity index (χ1n) is 7.17. The number of hydrogen-bond donors (Lipinski definition) is 2. The Labute approximate surface area is 120 Å². The average Bonchev–Trinajstić information content (AvgIpc) is 2.44. The molecule has 2 rings (SSSR count). The molecule has 2 N–H and O–H groups in total. The third-order valence-corrected chi connectivity index (χ3v) is 3.94. The third kappa shape index (κ3) is 3.53. The Bertz CT molecular complexity index is 528. The molecule has 2 atom stereocenters. The fourth-order valence-corrected chi connectivity index (χ4v) is 2.83. The van der Waals surface area contributed by atoms with Crippen molar-refractivity contribution in [3.05, 3.63) is 59.7 Å². The van der Waals surface area contributed by atoms with E-state index in [2.05, 4.69) is 13.8 Å². The van der Waals surface area contributed by atoms with Gasteiger partial charge in [-0.2, -0.15) is 0 Å². The molecule has 0 aromatic heterocycles. The zero-order chi connectivity index (χ0) is 14.5. The molecule has 106 valence electrons. The van der Waals surface area contributed by atoms with Gasteiger partial charge in [0, 0.05) is 0 Å². The molecule has 2 heteroatoms. The lowest BCUT2D eigenvalue weighted by Crippen LogP contribution is -2.11. The summed E-state index contributed by atoms with van der Waals surface area (Å²) in [6.45, 7) is 4.46. The normalized spacial score (nSPS) is 13.9. The third-order valence-electron chi connectivity index (χ3n) is 3.94. The Balaban J connectivity index is 2.10. The smallest absolute Gasteiger partial charge is 0.115 e. The molecule has 0 aliphatic rings. The van der Waals surface area contributed by atoms with Crippen molar-refractivity contribution >= 4 is 0 Å². The van der Waals surface area contributed by atoms with Crippen molar-refractivity contribution < 1.29 is 10.2 Å². The van der Waals surface area contributed by atoms with Crippen LogP contribution in [0.1, 0.15) is 37.3 Å². The quantitative estimate of drug-likeness (QED) is 0.841. The molecular weight excluding hydrogens is 248 g/mol. The van der Waals surface area contributed by atoms with Crippen LogP contribution >= 0.6 is 0 Å². The van der Waals surface area contributed by atoms with Gasteiger partial charge < -0.3 is 10.2 Å². The minimum atomic E-state index is 0.312. The van der Waals surface area contributed by atoms with E-state index in [0.717, 1.165) is 12.8 Å². The monoisotopic (exact) mass is 270 g/mol. The second kappa shape index (κ2) is 6.47. The first-order chi connectivity index (χ1) is 9.60. The van der Waals surface area contributed by atoms with Crippen molar-refractivity contribution in [2.24, 2.45) is 5.92 Å². The van der Waals surface area contributed by atoms with E-state index < -0.39 is 0 Å². The number of hydrogen-bond acceptors (Lipinski definition) is 2. The summed E-state index contributed by atoms with van der Waals surface area (Å²) in [7, 11) is 0. The summed E-state index contributed by atoms with van der Waals surface area (Å²) in [5, 5.41) is 18.7. The van der Waals surface area contributed by atoms with Crippen molar-refractivity contribution in [3.8, 4) is 11.5 Å². The number of benzene rings is 2. The molecule has 20 heavy (non-hydrogen) atoms. The van der Waals surface area contributed by atoms with Crippen LogP contribution in [-0.4, -0.2) is 10.2 Å². The largest absolute Gasteiger partial charge is 0.508 e. The summed E-state index contributed by atoms with van der Waals surface area (Å²) >= 11 is 0. The second-order valence-electron chi connectivity index (χ2n) is 5.45. The van der Waals surface area contributed by atoms with E-state index in [0.29, 0.717) is 23.3 Å². The predicted octanol–water partition coefficient (Wildman–Crippen LogP) is 4.47. The van der Waals surface area contributed by atoms with Gasteiger partial charge >= 0.3 is 0 Å². The summed E-state index contributed by atoms with van der Waals surface area (Å²) in [6.07, 6.45) is 2.06. The number of phenolic OH excluding ortho intramolecular Hbond substituents is 2. The topological polar surface area (TPSA) is 40.5 Å². The van der Waals surface area contributed by atoms with Crippen molar-refractivity contribution in [2.45, 2.75) is 32.6 Å². The van der Waals surface area contributed by atoms with E-state index in [1.54, 1.807) is 24.3 Å². The average molecular weight is 270 g/mol. The van der Waals surface area contributed by atoms with Gasteiger partial charge in [0.2, 0.25) is 0 Å². The Morgan fingerprint density at radius 2 is 1.35 bits per heavy atom. The van der Waals surface area contributed by atoms with E-state index in [9.17, 15) is 10.2 Å². The second-order valence-corrected chi connectivity index (χ2v) is 5.45. The van der Waals surface area contributed by atoms with Crippen LogP contribution in [0.3, 0.4) is 0 Å². The minimum Gasteiger partial charge on any atom is -0.508 e. The van der Waals surface area contributed by atoms with E-state index in [1.807, 2.05) is 24.3 Å². The van der Waals surface area contributed by atoms with Crippen LogP contribution < -0.4 is 0 Å². The molecule has 0 unspecified atom stereocenters. The molecule has 0 heterocycles. The molecule has 0 bridgehead atoms. The Hall–Kier alpha value is -1.96. The first kappa shape index (κ1) is 14.4. The molecule has 0 radical (unpaired) electrons. The van der Waals surface area contributed by atoms with Gasteiger partial charge in [0.05, 0.1) is 0 Å². The fourth-order valence-electron chi connectivity index (χ4n) is 2.83. The Morgan fingerprint density at radius 1 is 0.850 bits per heavy atom. The fraction of sp³-hybridized carbons (Fsp3) is 0.333. The summed E-state index contributed by atoms with van der Waals surface area (Å²) in [6, 6.07) is 15.0. The summed E-state index contributed by atoms with van der Waals surface area (Å²) < 4.78 is 0. The molecule has 2 aromatic rings. The molecule has 2 nitrogen and oxygen atoms in total. The zero-order valence-corrected chi connectivity index (χ0v) is 12.1. The molecule has 2 aromatic carbocycles. The first-order valence-corrected chi connectivity index (χ1v) is 7.17. The van der Waals surface area contributed by atoms with Crippen LogP contribution in [0.25, 0.3) is 0 Å². The van der Waals surface area contributed by atoms with Gasteiger partial charge in [-0.1, -0.05) is 38.1 Å². The molecule has 0 aliphatic heterocycles. The molecule has 0 amide bonds. The van der Waals surface area contributed by atoms with Gasteiger partial charge in [0.15, 0.2) is 0 Å². The van der Waals surface area contributed by atoms with E-state index in [-0.39, 0.29) is 0 Å². The number of rotatable bonds is 5. The highest BCUT2D eigenvalue weighted by Gasteiger charge is 2.18. The highest BCUT2D eigenvalue weighted by atomic mass is 16.3. The van der Waals surface area contributed by atoms with Crippen LogP contribution in [0.2, 0.25) is 0 Å². The van der Waals surface area contributed by atoms with Crippen LogP contribution in [0, 0.1) is 5.92 Å². The maximum absolute atomic E-state index is 9.39. The lowest BCUT2D eigenvalue weighted by atomic mass is 9.82. The van der Waals surface area contributed by atoms with Gasteiger partial charge in [0.1, 0.15) is 11.5 Å². The van der Waals surface area contributed by atoms with Crippen LogP contribution in [0.5, 0.6) is 11.5 Å². The Morgan fingerprint density at radius 3 is 1.85 bits per heavy atom. The van der Waals surface area contributed by atoms with Crippen molar-refractivity contribution in [1.82, 2.24) is 0 Å². The van der Waals surface area contributed by atoms with Crippen LogP contribution in [-0.2, 0) is 6.42 Å². The molecule has 0 aliphatic carbocycles.